The second-order valence-electron chi connectivity index (χ2n) is 3.72. The van der Waals surface area contributed by atoms with E-state index in [1.807, 2.05) is 22.9 Å². The van der Waals surface area contributed by atoms with E-state index in [1.165, 1.54) is 6.33 Å². The first-order valence-electron chi connectivity index (χ1n) is 5.56. The molecule has 0 atom stereocenters. The molecule has 0 aliphatic carbocycles. The summed E-state index contributed by atoms with van der Waals surface area (Å²) in [6.45, 7) is 0.590. The summed E-state index contributed by atoms with van der Waals surface area (Å²) in [6.07, 6.45) is 2.25. The zero-order valence-corrected chi connectivity index (χ0v) is 10.5. The third kappa shape index (κ3) is 3.53. The third-order valence-corrected chi connectivity index (χ3v) is 3.04. The zero-order chi connectivity index (χ0) is 12.8. The van der Waals surface area contributed by atoms with Crippen LogP contribution in [0.15, 0.2) is 29.2 Å². The van der Waals surface area contributed by atoms with E-state index in [9.17, 15) is 4.79 Å². The Morgan fingerprint density at radius 1 is 1.44 bits per heavy atom. The number of thiophene rings is 1. The molecule has 94 valence electrons. The molecule has 0 unspecified atom stereocenters. The smallest absolute Gasteiger partial charge is 0.303 e. The van der Waals surface area contributed by atoms with Gasteiger partial charge in [-0.15, -0.1) is 0 Å². The molecule has 2 aromatic rings. The minimum absolute atomic E-state index is 0.162. The summed E-state index contributed by atoms with van der Waals surface area (Å²) < 4.78 is 0. The van der Waals surface area contributed by atoms with Crippen molar-refractivity contribution in [2.24, 2.45) is 0 Å². The number of carboxylic acid groups (broad SMARTS) is 1. The molecule has 18 heavy (non-hydrogen) atoms. The van der Waals surface area contributed by atoms with Gasteiger partial charge in [0.2, 0.25) is 0 Å². The van der Waals surface area contributed by atoms with E-state index in [0.29, 0.717) is 13.0 Å². The topological polar surface area (TPSA) is 75.1 Å². The Hall–Kier alpha value is -1.95. The number of carbonyl (C=O) groups is 1. The van der Waals surface area contributed by atoms with Crippen LogP contribution < -0.4 is 5.32 Å². The Morgan fingerprint density at radius 2 is 2.33 bits per heavy atom. The fourth-order valence-corrected chi connectivity index (χ4v) is 2.13. The molecular weight excluding hydrogens is 250 g/mol. The van der Waals surface area contributed by atoms with E-state index in [4.69, 9.17) is 5.11 Å². The fourth-order valence-electron chi connectivity index (χ4n) is 1.48. The van der Waals surface area contributed by atoms with Crippen molar-refractivity contribution < 1.29 is 9.90 Å². The molecule has 0 bridgehead atoms. The first kappa shape index (κ1) is 12.5. The average Bonchev–Trinajstić information content (AvgIpc) is 2.89. The molecule has 0 radical (unpaired) electrons. The molecule has 0 saturated heterocycles. The summed E-state index contributed by atoms with van der Waals surface area (Å²) >= 11 is 1.62. The molecule has 0 amide bonds. The second kappa shape index (κ2) is 6.11. The number of nitrogens with zero attached hydrogens (tertiary/aromatic N) is 2. The van der Waals surface area contributed by atoms with Crippen LogP contribution in [0.25, 0.3) is 11.3 Å². The number of nitrogens with one attached hydrogen (secondary N) is 1. The Morgan fingerprint density at radius 3 is 3.06 bits per heavy atom. The number of rotatable bonds is 6. The Labute approximate surface area is 109 Å². The lowest BCUT2D eigenvalue weighted by Gasteiger charge is -2.05. The zero-order valence-electron chi connectivity index (χ0n) is 9.67. The van der Waals surface area contributed by atoms with Gasteiger partial charge in [-0.3, -0.25) is 4.79 Å². The second-order valence-corrected chi connectivity index (χ2v) is 4.50. The van der Waals surface area contributed by atoms with E-state index in [1.54, 1.807) is 11.3 Å². The van der Waals surface area contributed by atoms with E-state index >= 15 is 0 Å². The molecule has 0 aliphatic heterocycles. The van der Waals surface area contributed by atoms with Crippen molar-refractivity contribution >= 4 is 23.1 Å². The molecule has 5 nitrogen and oxygen atoms in total. The molecule has 0 saturated carbocycles. The molecule has 2 rings (SSSR count). The quantitative estimate of drug-likeness (QED) is 0.783. The molecular formula is C12H13N3O2S. The van der Waals surface area contributed by atoms with Gasteiger partial charge in [-0.1, -0.05) is 0 Å². The summed E-state index contributed by atoms with van der Waals surface area (Å²) in [6, 6.07) is 3.87. The predicted octanol–water partition coefficient (Wildman–Crippen LogP) is 2.48. The number of aliphatic carboxylic acids is 1. The van der Waals surface area contributed by atoms with Crippen molar-refractivity contribution in [3.05, 3.63) is 29.2 Å². The third-order valence-electron chi connectivity index (χ3n) is 2.36. The molecule has 0 spiro atoms. The molecule has 0 fully saturated rings. The van der Waals surface area contributed by atoms with Crippen LogP contribution in [0.2, 0.25) is 0 Å². The minimum Gasteiger partial charge on any atom is -0.481 e. The molecule has 6 heteroatoms. The lowest BCUT2D eigenvalue weighted by molar-refractivity contribution is -0.137. The maximum atomic E-state index is 10.4. The van der Waals surface area contributed by atoms with Gasteiger partial charge in [0.05, 0.1) is 5.69 Å². The van der Waals surface area contributed by atoms with Crippen LogP contribution in [0.4, 0.5) is 5.82 Å². The van der Waals surface area contributed by atoms with Crippen molar-refractivity contribution in [3.63, 3.8) is 0 Å². The molecule has 2 heterocycles. The summed E-state index contributed by atoms with van der Waals surface area (Å²) in [5.41, 5.74) is 1.93. The van der Waals surface area contributed by atoms with Gasteiger partial charge in [0, 0.05) is 30.0 Å². The largest absolute Gasteiger partial charge is 0.481 e. The highest BCUT2D eigenvalue weighted by molar-refractivity contribution is 7.08. The molecule has 0 aliphatic rings. The number of carboxylic acids is 1. The van der Waals surface area contributed by atoms with Gasteiger partial charge in [-0.2, -0.15) is 11.3 Å². The summed E-state index contributed by atoms with van der Waals surface area (Å²) in [4.78, 5) is 18.7. The highest BCUT2D eigenvalue weighted by Gasteiger charge is 2.02. The fraction of sp³-hybridized carbons (Fsp3) is 0.250. The monoisotopic (exact) mass is 263 g/mol. The lowest BCUT2D eigenvalue weighted by atomic mass is 10.2. The standard InChI is InChI=1S/C12H13N3O2S/c16-12(17)2-1-4-13-11-6-10(14-8-15-11)9-3-5-18-7-9/h3,5-8H,1-2,4H2,(H,16,17)(H,13,14,15). The van der Waals surface area contributed by atoms with Crippen molar-refractivity contribution in [2.45, 2.75) is 12.8 Å². The van der Waals surface area contributed by atoms with Crippen LogP contribution in [0.5, 0.6) is 0 Å². The number of anilines is 1. The van der Waals surface area contributed by atoms with Gasteiger partial charge < -0.3 is 10.4 Å². The minimum atomic E-state index is -0.779. The van der Waals surface area contributed by atoms with Crippen molar-refractivity contribution in [1.29, 1.82) is 0 Å². The Balaban J connectivity index is 1.94. The lowest BCUT2D eigenvalue weighted by Crippen LogP contribution is -2.06. The van der Waals surface area contributed by atoms with Crippen LogP contribution in [-0.2, 0) is 4.79 Å². The van der Waals surface area contributed by atoms with Gasteiger partial charge in [-0.05, 0) is 17.9 Å². The van der Waals surface area contributed by atoms with Gasteiger partial charge >= 0.3 is 5.97 Å². The first-order chi connectivity index (χ1) is 8.75. The van der Waals surface area contributed by atoms with Crippen molar-refractivity contribution in [2.75, 3.05) is 11.9 Å². The van der Waals surface area contributed by atoms with Crippen LogP contribution >= 0.6 is 11.3 Å². The van der Waals surface area contributed by atoms with Crippen LogP contribution in [0.3, 0.4) is 0 Å². The van der Waals surface area contributed by atoms with Gasteiger partial charge in [0.15, 0.2) is 0 Å². The van der Waals surface area contributed by atoms with Crippen LogP contribution in [0.1, 0.15) is 12.8 Å². The normalized spacial score (nSPS) is 10.2. The number of hydrogen-bond acceptors (Lipinski definition) is 5. The maximum Gasteiger partial charge on any atom is 0.303 e. The summed E-state index contributed by atoms with van der Waals surface area (Å²) in [7, 11) is 0. The van der Waals surface area contributed by atoms with Crippen molar-refractivity contribution in [1.82, 2.24) is 9.97 Å². The first-order valence-corrected chi connectivity index (χ1v) is 6.50. The van der Waals surface area contributed by atoms with E-state index in [2.05, 4.69) is 15.3 Å². The van der Waals surface area contributed by atoms with E-state index in [-0.39, 0.29) is 6.42 Å². The van der Waals surface area contributed by atoms with Crippen LogP contribution in [-0.4, -0.2) is 27.6 Å². The van der Waals surface area contributed by atoms with E-state index in [0.717, 1.165) is 17.1 Å². The van der Waals surface area contributed by atoms with Gasteiger partial charge in [0.25, 0.3) is 0 Å². The number of hydrogen-bond donors (Lipinski definition) is 2. The highest BCUT2D eigenvalue weighted by Crippen LogP contribution is 2.21. The summed E-state index contributed by atoms with van der Waals surface area (Å²) in [5.74, 6) is -0.0601. The average molecular weight is 263 g/mol. The molecule has 0 aromatic carbocycles. The van der Waals surface area contributed by atoms with Gasteiger partial charge in [-0.25, -0.2) is 9.97 Å². The maximum absolute atomic E-state index is 10.4. The van der Waals surface area contributed by atoms with Gasteiger partial charge in [0.1, 0.15) is 12.1 Å². The Bertz CT molecular complexity index is 514. The van der Waals surface area contributed by atoms with Crippen LogP contribution in [0, 0.1) is 0 Å². The molecule has 2 aromatic heterocycles. The molecule has 2 N–H and O–H groups in total. The highest BCUT2D eigenvalue weighted by atomic mass is 32.1. The summed E-state index contributed by atoms with van der Waals surface area (Å²) in [5, 5.41) is 15.6. The Kier molecular flexibility index (Phi) is 4.25. The van der Waals surface area contributed by atoms with E-state index < -0.39 is 5.97 Å². The predicted molar refractivity (Wildman–Crippen MR) is 70.7 cm³/mol. The number of aromatic nitrogens is 2. The van der Waals surface area contributed by atoms with Crippen molar-refractivity contribution in [3.8, 4) is 11.3 Å². The SMILES string of the molecule is O=C(O)CCCNc1cc(-c2ccsc2)ncn1.